The number of hydrogen-bond acceptors (Lipinski definition) is 0. The molecule has 0 atom stereocenters. The monoisotopic (exact) mass is 418 g/mol. The normalized spacial score (nSPS) is 9.85. The molecule has 0 aliphatic rings. The van der Waals surface area contributed by atoms with Crippen LogP contribution in [-0.2, 0) is 23.5 Å². The summed E-state index contributed by atoms with van der Waals surface area (Å²) in [5.74, 6) is 0. The Hall–Kier alpha value is -2.04. The van der Waals surface area contributed by atoms with Crippen molar-refractivity contribution >= 4 is 23.8 Å². The van der Waals surface area contributed by atoms with E-state index in [1.807, 2.05) is 0 Å². The molecule has 0 amide bonds. The van der Waals surface area contributed by atoms with Crippen molar-refractivity contribution in [1.29, 1.82) is 0 Å². The Morgan fingerprint density at radius 1 is 0.593 bits per heavy atom. The smallest absolute Gasteiger partial charge is 0.213 e. The molecular weight excluding hydrogens is 395 g/mol. The van der Waals surface area contributed by atoms with E-state index in [2.05, 4.69) is 122 Å². The summed E-state index contributed by atoms with van der Waals surface area (Å²) in [4.78, 5) is 0. The van der Waals surface area contributed by atoms with Crippen molar-refractivity contribution in [2.75, 3.05) is 0 Å². The molecule has 0 aromatic heterocycles. The molecule has 4 rings (SSSR count). The van der Waals surface area contributed by atoms with Crippen LogP contribution in [0.25, 0.3) is 0 Å². The Labute approximate surface area is 174 Å². The summed E-state index contributed by atoms with van der Waals surface area (Å²) in [6.45, 7) is 2.16. The Bertz CT molecular complexity index is 762. The van der Waals surface area contributed by atoms with Gasteiger partial charge in [-0.05, 0) is 23.8 Å². The molecule has 0 heterocycles. The van der Waals surface area contributed by atoms with Crippen LogP contribution in [0.1, 0.15) is 12.5 Å². The van der Waals surface area contributed by atoms with Gasteiger partial charge in [-0.3, -0.25) is 0 Å². The van der Waals surface area contributed by atoms with Crippen LogP contribution in [0.4, 0.5) is 0 Å². The summed E-state index contributed by atoms with van der Waals surface area (Å²) in [6, 6.07) is 40.7. The van der Waals surface area contributed by atoms with Crippen molar-refractivity contribution < 1.29 is 17.1 Å². The van der Waals surface area contributed by atoms with E-state index < -0.39 is 7.92 Å². The third kappa shape index (κ3) is 6.26. The fraction of sp³-hybridized carbons (Fsp3) is 0.0800. The van der Waals surface area contributed by atoms with Crippen LogP contribution < -0.4 is 15.9 Å². The standard InChI is InChI=1S/C18H15P.C7H9.Cu/c1-4-10-16(11-5-1)19(17-12-6-2-7-13-17)18-14-8-3-9-15-18;1-2-7-5-3-4-6-7;/h1-15H;3-6H,2H2,1H3;/q;-1;+1. The molecule has 0 bridgehead atoms. The summed E-state index contributed by atoms with van der Waals surface area (Å²) in [5.41, 5.74) is 1.43. The van der Waals surface area contributed by atoms with Crippen LogP contribution in [0.15, 0.2) is 115 Å². The van der Waals surface area contributed by atoms with E-state index in [0.29, 0.717) is 0 Å². The van der Waals surface area contributed by atoms with Gasteiger partial charge >= 0.3 is 17.1 Å². The summed E-state index contributed by atoms with van der Waals surface area (Å²) in [5, 5.41) is 4.19. The number of benzene rings is 3. The minimum Gasteiger partial charge on any atom is -0.213 e. The van der Waals surface area contributed by atoms with Crippen LogP contribution >= 0.6 is 7.92 Å². The topological polar surface area (TPSA) is 0 Å². The average Bonchev–Trinajstić information content (AvgIpc) is 3.25. The second-order valence-electron chi connectivity index (χ2n) is 5.99. The van der Waals surface area contributed by atoms with Crippen LogP contribution in [0, 0.1) is 0 Å². The minimum absolute atomic E-state index is 0. The molecule has 0 spiro atoms. The van der Waals surface area contributed by atoms with Crippen LogP contribution in [0.5, 0.6) is 0 Å². The molecule has 0 nitrogen and oxygen atoms in total. The summed E-state index contributed by atoms with van der Waals surface area (Å²) >= 11 is 0. The van der Waals surface area contributed by atoms with Gasteiger partial charge in [-0.2, -0.15) is 17.7 Å². The van der Waals surface area contributed by atoms with Crippen molar-refractivity contribution in [2.45, 2.75) is 13.3 Å². The molecular formula is C25H24CuP. The van der Waals surface area contributed by atoms with Crippen molar-refractivity contribution in [1.82, 2.24) is 0 Å². The third-order valence-corrected chi connectivity index (χ3v) is 6.63. The predicted molar refractivity (Wildman–Crippen MR) is 117 cm³/mol. The van der Waals surface area contributed by atoms with Crippen molar-refractivity contribution in [3.63, 3.8) is 0 Å². The van der Waals surface area contributed by atoms with Gasteiger partial charge < -0.3 is 0 Å². The second kappa shape index (κ2) is 11.6. The first-order valence-corrected chi connectivity index (χ1v) is 10.4. The maximum absolute atomic E-state index is 2.23. The van der Waals surface area contributed by atoms with Crippen LogP contribution in [-0.4, -0.2) is 0 Å². The van der Waals surface area contributed by atoms with E-state index in [0.717, 1.165) is 6.42 Å². The van der Waals surface area contributed by atoms with Crippen molar-refractivity contribution in [3.05, 3.63) is 121 Å². The molecule has 4 aromatic carbocycles. The average molecular weight is 419 g/mol. The Kier molecular flexibility index (Phi) is 9.16. The fourth-order valence-electron chi connectivity index (χ4n) is 2.83. The first-order valence-electron chi connectivity index (χ1n) is 9.04. The maximum Gasteiger partial charge on any atom is 1.00 e. The van der Waals surface area contributed by atoms with Gasteiger partial charge in [0.2, 0.25) is 0 Å². The fourth-order valence-corrected chi connectivity index (χ4v) is 5.13. The molecule has 0 unspecified atom stereocenters. The molecule has 0 aliphatic carbocycles. The Morgan fingerprint density at radius 2 is 1.00 bits per heavy atom. The van der Waals surface area contributed by atoms with Crippen LogP contribution in [0.3, 0.4) is 0 Å². The zero-order chi connectivity index (χ0) is 18.0. The SMILES string of the molecule is CCc1ccc[cH-]1.[Cu+].c1ccc(P(c2ccccc2)c2ccccc2)cc1. The zero-order valence-electron chi connectivity index (χ0n) is 15.4. The molecule has 0 aliphatic heterocycles. The molecule has 0 saturated heterocycles. The molecule has 0 fully saturated rings. The van der Waals surface area contributed by atoms with E-state index in [1.54, 1.807) is 0 Å². The van der Waals surface area contributed by atoms with Crippen molar-refractivity contribution in [3.8, 4) is 0 Å². The summed E-state index contributed by atoms with van der Waals surface area (Å²) in [6.07, 6.45) is 1.16. The largest absolute Gasteiger partial charge is 1.00 e. The van der Waals surface area contributed by atoms with Gasteiger partial charge in [0.15, 0.2) is 0 Å². The predicted octanol–water partition coefficient (Wildman–Crippen LogP) is 5.41. The molecule has 4 aromatic rings. The van der Waals surface area contributed by atoms with Crippen LogP contribution in [0.2, 0.25) is 0 Å². The first kappa shape index (κ1) is 21.3. The van der Waals surface area contributed by atoms with Gasteiger partial charge in [-0.15, -0.1) is 0 Å². The van der Waals surface area contributed by atoms with E-state index >= 15 is 0 Å². The van der Waals surface area contributed by atoms with Gasteiger partial charge in [0.05, 0.1) is 0 Å². The second-order valence-corrected chi connectivity index (χ2v) is 8.21. The van der Waals surface area contributed by atoms with Gasteiger partial charge in [-0.25, -0.2) is 12.1 Å². The molecule has 140 valence electrons. The first-order chi connectivity index (χ1) is 12.9. The Morgan fingerprint density at radius 3 is 1.26 bits per heavy atom. The molecule has 2 heteroatoms. The summed E-state index contributed by atoms with van der Waals surface area (Å²) in [7, 11) is -0.446. The van der Waals surface area contributed by atoms with E-state index in [-0.39, 0.29) is 17.1 Å². The van der Waals surface area contributed by atoms with Gasteiger partial charge in [0.25, 0.3) is 0 Å². The third-order valence-electron chi connectivity index (χ3n) is 4.18. The molecule has 0 N–H and O–H groups in total. The van der Waals surface area contributed by atoms with E-state index in [9.17, 15) is 0 Å². The number of aryl methyl sites for hydroxylation is 1. The van der Waals surface area contributed by atoms with Gasteiger partial charge in [0.1, 0.15) is 0 Å². The number of hydrogen-bond donors (Lipinski definition) is 0. The zero-order valence-corrected chi connectivity index (χ0v) is 17.3. The van der Waals surface area contributed by atoms with Crippen molar-refractivity contribution in [2.24, 2.45) is 0 Å². The van der Waals surface area contributed by atoms with Gasteiger partial charge in [-0.1, -0.05) is 104 Å². The van der Waals surface area contributed by atoms with E-state index in [1.165, 1.54) is 21.5 Å². The molecule has 27 heavy (non-hydrogen) atoms. The quantitative estimate of drug-likeness (QED) is 0.236. The maximum atomic E-state index is 2.23. The Balaban J connectivity index is 0.000000278. The van der Waals surface area contributed by atoms with E-state index in [4.69, 9.17) is 0 Å². The van der Waals surface area contributed by atoms with Gasteiger partial charge in [0, 0.05) is 0 Å². The minimum atomic E-state index is -0.446. The summed E-state index contributed by atoms with van der Waals surface area (Å²) < 4.78 is 0. The molecule has 0 radical (unpaired) electrons. The molecule has 0 saturated carbocycles. The number of rotatable bonds is 4.